The van der Waals surface area contributed by atoms with Crippen molar-refractivity contribution in [1.82, 2.24) is 14.8 Å². The minimum absolute atomic E-state index is 0.749. The maximum Gasteiger partial charge on any atom is 0.152 e. The van der Waals surface area contributed by atoms with Gasteiger partial charge in [0.05, 0.1) is 0 Å². The molecule has 3 aromatic rings. The molecule has 0 unspecified atom stereocenters. The molecule has 5 heteroatoms. The first-order chi connectivity index (χ1) is 8.74. The number of nitrogens with zero attached hydrogens (tertiary/aromatic N) is 3. The SMILES string of the molecule is Cn1ccc(Nc2ccc(N)c3ccncc23)n1. The maximum absolute atomic E-state index is 5.95. The van der Waals surface area contributed by atoms with E-state index in [9.17, 15) is 0 Å². The van der Waals surface area contributed by atoms with Crippen molar-refractivity contribution < 1.29 is 0 Å². The zero-order valence-electron chi connectivity index (χ0n) is 9.96. The Hall–Kier alpha value is -2.56. The Bertz CT molecular complexity index is 701. The molecule has 0 aliphatic heterocycles. The smallest absolute Gasteiger partial charge is 0.152 e. The topological polar surface area (TPSA) is 68.8 Å². The second-order valence-electron chi connectivity index (χ2n) is 4.12. The van der Waals surface area contributed by atoms with Gasteiger partial charge in [-0.25, -0.2) is 0 Å². The number of nitrogens with one attached hydrogen (secondary N) is 1. The summed E-state index contributed by atoms with van der Waals surface area (Å²) < 4.78 is 1.75. The summed E-state index contributed by atoms with van der Waals surface area (Å²) >= 11 is 0. The van der Waals surface area contributed by atoms with Gasteiger partial charge in [-0.2, -0.15) is 5.10 Å². The van der Waals surface area contributed by atoms with Crippen molar-refractivity contribution in [3.05, 3.63) is 42.9 Å². The molecular formula is C13H13N5. The molecule has 0 spiro atoms. The standard InChI is InChI=1S/C13H13N5/c1-18-7-5-13(17-18)16-12-3-2-11(14)9-4-6-15-8-10(9)12/h2-8H,14H2,1H3,(H,16,17). The zero-order chi connectivity index (χ0) is 12.5. The van der Waals surface area contributed by atoms with Crippen LogP contribution in [0.2, 0.25) is 0 Å². The molecule has 2 heterocycles. The number of benzene rings is 1. The van der Waals surface area contributed by atoms with Crippen molar-refractivity contribution in [2.75, 3.05) is 11.1 Å². The third-order valence-corrected chi connectivity index (χ3v) is 2.83. The highest BCUT2D eigenvalue weighted by molar-refractivity contribution is 6.01. The highest BCUT2D eigenvalue weighted by Gasteiger charge is 2.05. The fraction of sp³-hybridized carbons (Fsp3) is 0.0769. The van der Waals surface area contributed by atoms with E-state index in [0.717, 1.165) is 28.0 Å². The molecule has 0 fully saturated rings. The number of pyridine rings is 1. The quantitative estimate of drug-likeness (QED) is 0.673. The number of aryl methyl sites for hydroxylation is 1. The van der Waals surface area contributed by atoms with Gasteiger partial charge >= 0.3 is 0 Å². The lowest BCUT2D eigenvalue weighted by Gasteiger charge is -2.08. The number of hydrogen-bond donors (Lipinski definition) is 2. The van der Waals surface area contributed by atoms with E-state index in [-0.39, 0.29) is 0 Å². The Kier molecular flexibility index (Phi) is 2.37. The Morgan fingerprint density at radius 1 is 1.17 bits per heavy atom. The molecule has 0 saturated carbocycles. The van der Waals surface area contributed by atoms with Gasteiger partial charge in [0.25, 0.3) is 0 Å². The molecule has 0 aliphatic carbocycles. The van der Waals surface area contributed by atoms with Gasteiger partial charge in [-0.3, -0.25) is 9.67 Å². The third-order valence-electron chi connectivity index (χ3n) is 2.83. The number of anilines is 3. The average Bonchev–Trinajstić information content (AvgIpc) is 2.79. The first-order valence-corrected chi connectivity index (χ1v) is 5.63. The second-order valence-corrected chi connectivity index (χ2v) is 4.12. The van der Waals surface area contributed by atoms with Crippen LogP contribution in [0.3, 0.4) is 0 Å². The molecule has 3 rings (SSSR count). The first-order valence-electron chi connectivity index (χ1n) is 5.63. The minimum Gasteiger partial charge on any atom is -0.398 e. The average molecular weight is 239 g/mol. The summed E-state index contributed by atoms with van der Waals surface area (Å²) in [5, 5.41) is 9.54. The van der Waals surface area contributed by atoms with Crippen LogP contribution in [0.5, 0.6) is 0 Å². The number of aromatic nitrogens is 3. The van der Waals surface area contributed by atoms with Gasteiger partial charge in [0.2, 0.25) is 0 Å². The summed E-state index contributed by atoms with van der Waals surface area (Å²) in [5.74, 6) is 0.799. The van der Waals surface area contributed by atoms with Gasteiger partial charge in [0.1, 0.15) is 0 Å². The van der Waals surface area contributed by atoms with E-state index < -0.39 is 0 Å². The van der Waals surface area contributed by atoms with Gasteiger partial charge < -0.3 is 11.1 Å². The van der Waals surface area contributed by atoms with Crippen molar-refractivity contribution in [3.63, 3.8) is 0 Å². The summed E-state index contributed by atoms with van der Waals surface area (Å²) in [5.41, 5.74) is 7.65. The van der Waals surface area contributed by atoms with E-state index in [0.29, 0.717) is 0 Å². The van der Waals surface area contributed by atoms with Gasteiger partial charge in [-0.15, -0.1) is 0 Å². The van der Waals surface area contributed by atoms with Crippen molar-refractivity contribution in [2.45, 2.75) is 0 Å². The van der Waals surface area contributed by atoms with E-state index >= 15 is 0 Å². The summed E-state index contributed by atoms with van der Waals surface area (Å²) in [6.07, 6.45) is 5.43. The lowest BCUT2D eigenvalue weighted by atomic mass is 10.1. The van der Waals surface area contributed by atoms with Crippen LogP contribution in [-0.2, 0) is 7.05 Å². The summed E-state index contributed by atoms with van der Waals surface area (Å²) in [6, 6.07) is 7.65. The van der Waals surface area contributed by atoms with E-state index in [2.05, 4.69) is 15.4 Å². The number of fused-ring (bicyclic) bond motifs is 1. The molecule has 0 radical (unpaired) electrons. The third kappa shape index (κ3) is 1.75. The second kappa shape index (κ2) is 4.03. The largest absolute Gasteiger partial charge is 0.398 e. The molecule has 1 aromatic carbocycles. The fourth-order valence-electron chi connectivity index (χ4n) is 1.94. The molecule has 2 aromatic heterocycles. The van der Waals surface area contributed by atoms with Crippen LogP contribution in [0.15, 0.2) is 42.9 Å². The molecule has 3 N–H and O–H groups in total. The summed E-state index contributed by atoms with van der Waals surface area (Å²) in [7, 11) is 1.88. The lowest BCUT2D eigenvalue weighted by molar-refractivity contribution is 0.771. The maximum atomic E-state index is 5.95. The van der Waals surface area contributed by atoms with Crippen molar-refractivity contribution in [2.24, 2.45) is 7.05 Å². The van der Waals surface area contributed by atoms with Crippen molar-refractivity contribution >= 4 is 28.0 Å². The van der Waals surface area contributed by atoms with Crippen molar-refractivity contribution in [1.29, 1.82) is 0 Å². The van der Waals surface area contributed by atoms with Gasteiger partial charge in [0, 0.05) is 53.9 Å². The Morgan fingerprint density at radius 3 is 2.83 bits per heavy atom. The molecule has 0 amide bonds. The van der Waals surface area contributed by atoms with Crippen molar-refractivity contribution in [3.8, 4) is 0 Å². The lowest BCUT2D eigenvalue weighted by Crippen LogP contribution is -1.96. The van der Waals surface area contributed by atoms with E-state index in [1.807, 2.05) is 37.5 Å². The number of nitrogens with two attached hydrogens (primary N) is 1. The van der Waals surface area contributed by atoms with Crippen LogP contribution in [-0.4, -0.2) is 14.8 Å². The molecule has 5 nitrogen and oxygen atoms in total. The number of rotatable bonds is 2. The van der Waals surface area contributed by atoms with Crippen LogP contribution in [0.4, 0.5) is 17.2 Å². The van der Waals surface area contributed by atoms with Gasteiger partial charge in [-0.1, -0.05) is 0 Å². The summed E-state index contributed by atoms with van der Waals surface area (Å²) in [6.45, 7) is 0. The van der Waals surface area contributed by atoms with Gasteiger partial charge in [-0.05, 0) is 18.2 Å². The Morgan fingerprint density at radius 2 is 2.06 bits per heavy atom. The van der Waals surface area contributed by atoms with Crippen LogP contribution in [0, 0.1) is 0 Å². The predicted octanol–water partition coefficient (Wildman–Crippen LogP) is 2.29. The normalized spacial score (nSPS) is 10.7. The zero-order valence-corrected chi connectivity index (χ0v) is 9.96. The molecule has 90 valence electrons. The number of hydrogen-bond acceptors (Lipinski definition) is 4. The molecule has 18 heavy (non-hydrogen) atoms. The molecule has 0 saturated heterocycles. The van der Waals surface area contributed by atoms with Crippen LogP contribution in [0.25, 0.3) is 10.8 Å². The highest BCUT2D eigenvalue weighted by Crippen LogP contribution is 2.29. The molecule has 0 atom stereocenters. The minimum atomic E-state index is 0.749. The Labute approximate surface area is 104 Å². The monoisotopic (exact) mass is 239 g/mol. The molecular weight excluding hydrogens is 226 g/mol. The fourth-order valence-corrected chi connectivity index (χ4v) is 1.94. The highest BCUT2D eigenvalue weighted by atomic mass is 15.3. The van der Waals surface area contributed by atoms with E-state index in [1.165, 1.54) is 0 Å². The van der Waals surface area contributed by atoms with Crippen LogP contribution >= 0.6 is 0 Å². The van der Waals surface area contributed by atoms with Crippen LogP contribution < -0.4 is 11.1 Å². The Balaban J connectivity index is 2.09. The molecule has 0 bridgehead atoms. The molecule has 0 aliphatic rings. The van der Waals surface area contributed by atoms with Gasteiger partial charge in [0.15, 0.2) is 5.82 Å². The number of nitrogen functional groups attached to an aromatic ring is 1. The summed E-state index contributed by atoms with van der Waals surface area (Å²) in [4.78, 5) is 4.14. The first kappa shape index (κ1) is 10.6. The van der Waals surface area contributed by atoms with Crippen LogP contribution in [0.1, 0.15) is 0 Å². The van der Waals surface area contributed by atoms with E-state index in [4.69, 9.17) is 5.73 Å². The van der Waals surface area contributed by atoms with E-state index in [1.54, 1.807) is 17.1 Å². The predicted molar refractivity (Wildman–Crippen MR) is 72.6 cm³/mol.